The van der Waals surface area contributed by atoms with Crippen molar-refractivity contribution in [2.45, 2.75) is 33.3 Å². The highest BCUT2D eigenvalue weighted by Gasteiger charge is 2.32. The molecule has 3 aromatic rings. The van der Waals surface area contributed by atoms with Crippen LogP contribution in [-0.4, -0.2) is 55.7 Å². The quantitative estimate of drug-likeness (QED) is 0.459. The third kappa shape index (κ3) is 5.31. The third-order valence-electron chi connectivity index (χ3n) is 6.76. The largest absolute Gasteiger partial charge is 0.485 e. The molecule has 0 aromatic carbocycles. The highest BCUT2D eigenvalue weighted by atomic mass is 35.5. The Morgan fingerprint density at radius 2 is 2.00 bits per heavy atom. The normalized spacial score (nSPS) is 17.4. The third-order valence-corrected chi connectivity index (χ3v) is 7.11. The fraction of sp³-hybridized carbons (Fsp3) is 0.333. The zero-order chi connectivity index (χ0) is 27.8. The molecule has 3 aromatic heterocycles. The average Bonchev–Trinajstić information content (AvgIpc) is 2.86. The Morgan fingerprint density at radius 3 is 2.72 bits per heavy atom. The Kier molecular flexibility index (Phi) is 7.26. The number of pyridine rings is 2. The maximum atomic E-state index is 14.0. The molecule has 0 radical (unpaired) electrons. The number of dihydropyridines is 1. The molecule has 0 aliphatic carbocycles. The first-order chi connectivity index (χ1) is 18.6. The second-order valence-electron chi connectivity index (χ2n) is 9.59. The highest BCUT2D eigenvalue weighted by Crippen LogP contribution is 2.29. The van der Waals surface area contributed by atoms with Gasteiger partial charge in [-0.25, -0.2) is 18.7 Å². The number of allylic oxidation sites excluding steroid dienone is 1. The van der Waals surface area contributed by atoms with Crippen molar-refractivity contribution < 1.29 is 18.3 Å². The topological polar surface area (TPSA) is 103 Å². The summed E-state index contributed by atoms with van der Waals surface area (Å²) in [4.78, 5) is 44.1. The molecule has 1 atom stereocenters. The van der Waals surface area contributed by atoms with Gasteiger partial charge in [0, 0.05) is 62.2 Å². The van der Waals surface area contributed by atoms with Gasteiger partial charge in [0.1, 0.15) is 34.7 Å². The van der Waals surface area contributed by atoms with E-state index in [9.17, 15) is 18.4 Å². The van der Waals surface area contributed by atoms with Crippen LogP contribution in [-0.2, 0) is 11.4 Å². The minimum absolute atomic E-state index is 0.0239. The van der Waals surface area contributed by atoms with Crippen LogP contribution in [0.2, 0.25) is 5.02 Å². The van der Waals surface area contributed by atoms with Crippen molar-refractivity contribution in [3.8, 4) is 5.75 Å². The number of ether oxygens (including phenoxy) is 1. The first kappa shape index (κ1) is 26.6. The van der Waals surface area contributed by atoms with Gasteiger partial charge in [-0.05, 0) is 19.1 Å². The van der Waals surface area contributed by atoms with Crippen molar-refractivity contribution in [2.24, 2.45) is 10.9 Å². The molecular formula is C27H25ClF2N6O3. The number of aliphatic imine (C=N–C) groups is 1. The van der Waals surface area contributed by atoms with E-state index in [1.54, 1.807) is 30.2 Å². The molecular weight excluding hydrogens is 530 g/mol. The van der Waals surface area contributed by atoms with Crippen LogP contribution < -0.4 is 10.3 Å². The van der Waals surface area contributed by atoms with Gasteiger partial charge in [-0.3, -0.25) is 24.1 Å². The Morgan fingerprint density at radius 1 is 1.23 bits per heavy atom. The molecule has 202 valence electrons. The summed E-state index contributed by atoms with van der Waals surface area (Å²) < 4.78 is 34.2. The van der Waals surface area contributed by atoms with Crippen molar-refractivity contribution in [3.63, 3.8) is 0 Å². The number of aromatic nitrogens is 4. The van der Waals surface area contributed by atoms with Crippen LogP contribution in [0.25, 0.3) is 5.70 Å². The summed E-state index contributed by atoms with van der Waals surface area (Å²) in [5.74, 6) is -0.948. The number of nitrogens with zero attached hydrogens (tertiary/aromatic N) is 6. The van der Waals surface area contributed by atoms with Crippen LogP contribution >= 0.6 is 11.6 Å². The molecule has 2 aliphatic heterocycles. The van der Waals surface area contributed by atoms with Gasteiger partial charge < -0.3 is 9.64 Å². The average molecular weight is 555 g/mol. The lowest BCUT2D eigenvalue weighted by Crippen LogP contribution is -2.48. The SMILES string of the molecule is CC(=O)N1CC(c2nccc(C3=NC[C@H](C)C(n4c(C)cc(OCc5ncc(F)cc5F)c(Cl)c4=O)=C3)n2)C1. The maximum Gasteiger partial charge on any atom is 0.277 e. The van der Waals surface area contributed by atoms with Crippen LogP contribution in [0.1, 0.15) is 42.7 Å². The molecule has 0 saturated carbocycles. The summed E-state index contributed by atoms with van der Waals surface area (Å²) in [5, 5.41) is -0.176. The number of carbonyl (C=O) groups excluding carboxylic acids is 1. The van der Waals surface area contributed by atoms with E-state index in [-0.39, 0.29) is 40.8 Å². The fourth-order valence-corrected chi connectivity index (χ4v) is 4.70. The summed E-state index contributed by atoms with van der Waals surface area (Å²) in [6.07, 6.45) is 4.36. The second kappa shape index (κ2) is 10.6. The van der Waals surface area contributed by atoms with Crippen molar-refractivity contribution in [1.82, 2.24) is 24.4 Å². The van der Waals surface area contributed by atoms with Crippen molar-refractivity contribution >= 4 is 28.9 Å². The van der Waals surface area contributed by atoms with Crippen LogP contribution in [0.15, 0.2) is 46.5 Å². The van der Waals surface area contributed by atoms with Crippen LogP contribution in [0.3, 0.4) is 0 Å². The zero-order valence-electron chi connectivity index (χ0n) is 21.5. The van der Waals surface area contributed by atoms with Gasteiger partial charge in [-0.15, -0.1) is 0 Å². The molecule has 0 N–H and O–H groups in total. The van der Waals surface area contributed by atoms with Crippen LogP contribution in [0.5, 0.6) is 5.75 Å². The van der Waals surface area contributed by atoms with Gasteiger partial charge in [-0.1, -0.05) is 18.5 Å². The van der Waals surface area contributed by atoms with Crippen molar-refractivity contribution in [3.05, 3.63) is 86.6 Å². The van der Waals surface area contributed by atoms with E-state index < -0.39 is 17.2 Å². The number of halogens is 3. The zero-order valence-corrected chi connectivity index (χ0v) is 22.2. The van der Waals surface area contributed by atoms with E-state index in [1.807, 2.05) is 13.0 Å². The van der Waals surface area contributed by atoms with E-state index in [0.29, 0.717) is 54.3 Å². The maximum absolute atomic E-state index is 14.0. The predicted octanol–water partition coefficient (Wildman–Crippen LogP) is 3.78. The number of rotatable bonds is 6. The van der Waals surface area contributed by atoms with Gasteiger partial charge in [0.15, 0.2) is 5.82 Å². The summed E-state index contributed by atoms with van der Waals surface area (Å²) in [6.45, 7) is 6.49. The van der Waals surface area contributed by atoms with Gasteiger partial charge >= 0.3 is 0 Å². The number of aryl methyl sites for hydroxylation is 1. The minimum Gasteiger partial charge on any atom is -0.485 e. The van der Waals surface area contributed by atoms with Gasteiger partial charge in [0.05, 0.1) is 23.5 Å². The van der Waals surface area contributed by atoms with E-state index in [0.717, 1.165) is 6.20 Å². The lowest BCUT2D eigenvalue weighted by atomic mass is 9.98. The molecule has 0 unspecified atom stereocenters. The van der Waals surface area contributed by atoms with E-state index in [1.165, 1.54) is 11.5 Å². The van der Waals surface area contributed by atoms with Gasteiger partial charge in [0.2, 0.25) is 5.91 Å². The van der Waals surface area contributed by atoms with E-state index >= 15 is 0 Å². The minimum atomic E-state index is -0.856. The Labute approximate surface area is 227 Å². The Hall–Kier alpha value is -3.99. The summed E-state index contributed by atoms with van der Waals surface area (Å²) in [6, 6.07) is 4.06. The molecule has 0 bridgehead atoms. The number of hydrogen-bond acceptors (Lipinski definition) is 7. The first-order valence-electron chi connectivity index (χ1n) is 12.3. The molecule has 2 aliphatic rings. The van der Waals surface area contributed by atoms with E-state index in [2.05, 4.69) is 19.9 Å². The van der Waals surface area contributed by atoms with Gasteiger partial charge in [-0.2, -0.15) is 0 Å². The number of likely N-dealkylation sites (tertiary alicyclic amines) is 1. The number of hydrogen-bond donors (Lipinski definition) is 0. The lowest BCUT2D eigenvalue weighted by Gasteiger charge is -2.37. The van der Waals surface area contributed by atoms with Crippen LogP contribution in [0, 0.1) is 24.5 Å². The summed E-state index contributed by atoms with van der Waals surface area (Å²) in [5.41, 5.74) is 1.85. The van der Waals surface area contributed by atoms with Crippen molar-refractivity contribution in [1.29, 1.82) is 0 Å². The highest BCUT2D eigenvalue weighted by molar-refractivity contribution is 6.31. The van der Waals surface area contributed by atoms with Gasteiger partial charge in [0.25, 0.3) is 5.56 Å². The molecule has 5 heterocycles. The van der Waals surface area contributed by atoms with Crippen molar-refractivity contribution in [2.75, 3.05) is 19.6 Å². The molecule has 1 fully saturated rings. The predicted molar refractivity (Wildman–Crippen MR) is 141 cm³/mol. The molecule has 5 rings (SSSR count). The number of carbonyl (C=O) groups is 1. The monoisotopic (exact) mass is 554 g/mol. The molecule has 1 amide bonds. The molecule has 0 spiro atoms. The first-order valence-corrected chi connectivity index (χ1v) is 12.7. The van der Waals surface area contributed by atoms with E-state index in [4.69, 9.17) is 16.3 Å². The molecule has 39 heavy (non-hydrogen) atoms. The molecule has 9 nitrogen and oxygen atoms in total. The molecule has 1 saturated heterocycles. The van der Waals surface area contributed by atoms with Crippen LogP contribution in [0.4, 0.5) is 8.78 Å². The summed E-state index contributed by atoms with van der Waals surface area (Å²) in [7, 11) is 0. The summed E-state index contributed by atoms with van der Waals surface area (Å²) >= 11 is 6.40. The Balaban J connectivity index is 1.41. The smallest absolute Gasteiger partial charge is 0.277 e. The second-order valence-corrected chi connectivity index (χ2v) is 9.97. The lowest BCUT2D eigenvalue weighted by molar-refractivity contribution is -0.133. The standard InChI is InChI=1S/C27H25ClF2N6O3/c1-14-9-32-21(20-4-5-31-26(34-20)17-11-35(12-17)16(3)37)8-23(14)36-15(2)6-24(25(28)27(36)38)39-13-22-19(30)7-18(29)10-33-22/h4-8,10,14,17H,9,11-13H2,1-3H3/t14-/m0/s1. The number of amides is 1. The fourth-order valence-electron chi connectivity index (χ4n) is 4.51. The molecule has 12 heteroatoms. The Bertz CT molecular complexity index is 1580.